The third kappa shape index (κ3) is 5.32. The fourth-order valence-corrected chi connectivity index (χ4v) is 3.81. The Kier molecular flexibility index (Phi) is 7.03. The van der Waals surface area contributed by atoms with E-state index in [1.54, 1.807) is 6.07 Å². The van der Waals surface area contributed by atoms with Crippen LogP contribution >= 0.6 is 11.6 Å². The van der Waals surface area contributed by atoms with E-state index in [9.17, 15) is 18.0 Å². The summed E-state index contributed by atoms with van der Waals surface area (Å²) in [5.41, 5.74) is 3.44. The maximum atomic E-state index is 14.7. The average molecular weight is 481 g/mol. The number of carbonyl (C=O) groups is 1. The summed E-state index contributed by atoms with van der Waals surface area (Å²) in [4.78, 5) is 12.3. The zero-order valence-corrected chi connectivity index (χ0v) is 19.0. The molecule has 0 aliphatic heterocycles. The third-order valence-electron chi connectivity index (χ3n) is 5.55. The Morgan fingerprint density at radius 1 is 0.824 bits per heavy atom. The second kappa shape index (κ2) is 10.1. The Balaban J connectivity index is 1.47. The van der Waals surface area contributed by atoms with E-state index in [0.717, 1.165) is 29.7 Å². The fourth-order valence-electron chi connectivity index (χ4n) is 3.70. The molecule has 0 saturated heterocycles. The molecular weight excluding hydrogens is 461 g/mol. The van der Waals surface area contributed by atoms with E-state index in [2.05, 4.69) is 19.1 Å². The van der Waals surface area contributed by atoms with Crippen LogP contribution in [0.3, 0.4) is 0 Å². The fraction of sp³-hybridized carbons (Fsp3) is 0.107. The number of rotatable bonds is 6. The zero-order chi connectivity index (χ0) is 24.2. The molecular formula is C28H20ClF3O2. The highest BCUT2D eigenvalue weighted by atomic mass is 35.5. The first-order valence-corrected chi connectivity index (χ1v) is 11.0. The van der Waals surface area contributed by atoms with Crippen molar-refractivity contribution in [2.45, 2.75) is 19.3 Å². The van der Waals surface area contributed by atoms with Crippen LogP contribution in [0.4, 0.5) is 13.2 Å². The van der Waals surface area contributed by atoms with Crippen molar-refractivity contribution in [3.8, 4) is 16.9 Å². The van der Waals surface area contributed by atoms with Crippen LogP contribution in [0.25, 0.3) is 11.1 Å². The molecule has 0 heterocycles. The molecule has 2 nitrogen and oxygen atoms in total. The summed E-state index contributed by atoms with van der Waals surface area (Å²) in [6.07, 6.45) is 0.870. The van der Waals surface area contributed by atoms with E-state index >= 15 is 0 Å². The molecule has 0 saturated carbocycles. The van der Waals surface area contributed by atoms with Crippen LogP contribution < -0.4 is 4.74 Å². The van der Waals surface area contributed by atoms with Gasteiger partial charge in [-0.15, -0.1) is 0 Å². The predicted octanol–water partition coefficient (Wildman–Crippen LogP) is 7.99. The first-order chi connectivity index (χ1) is 16.3. The van der Waals surface area contributed by atoms with Crippen molar-refractivity contribution in [3.63, 3.8) is 0 Å². The lowest BCUT2D eigenvalue weighted by Crippen LogP contribution is -2.11. The second-order valence-corrected chi connectivity index (χ2v) is 8.38. The lowest BCUT2D eigenvalue weighted by Gasteiger charge is -2.12. The number of hydrogen-bond donors (Lipinski definition) is 0. The Morgan fingerprint density at radius 3 is 2.06 bits per heavy atom. The van der Waals surface area contributed by atoms with E-state index < -0.39 is 34.2 Å². The van der Waals surface area contributed by atoms with Gasteiger partial charge >= 0.3 is 5.97 Å². The van der Waals surface area contributed by atoms with Gasteiger partial charge in [0.1, 0.15) is 28.2 Å². The van der Waals surface area contributed by atoms with Crippen molar-refractivity contribution in [2.24, 2.45) is 0 Å². The van der Waals surface area contributed by atoms with Gasteiger partial charge in [-0.3, -0.25) is 0 Å². The lowest BCUT2D eigenvalue weighted by atomic mass is 9.93. The van der Waals surface area contributed by atoms with Crippen molar-refractivity contribution in [1.29, 1.82) is 0 Å². The SMILES string of the molecule is C[C@@H](Cc1ccc(-c2ccc(C(=O)Oc3cc(F)c(Cl)c(F)c3)c(F)c2)cc1)c1ccccc1. The molecule has 0 unspecified atom stereocenters. The Bertz CT molecular complexity index is 1300. The predicted molar refractivity (Wildman–Crippen MR) is 127 cm³/mol. The van der Waals surface area contributed by atoms with Crippen molar-refractivity contribution in [1.82, 2.24) is 0 Å². The molecule has 172 valence electrons. The van der Waals surface area contributed by atoms with Gasteiger partial charge in [0.25, 0.3) is 0 Å². The molecule has 34 heavy (non-hydrogen) atoms. The number of benzene rings is 4. The van der Waals surface area contributed by atoms with E-state index in [-0.39, 0.29) is 5.56 Å². The minimum absolute atomic E-state index is 0.354. The van der Waals surface area contributed by atoms with E-state index in [0.29, 0.717) is 11.5 Å². The number of halogens is 4. The molecule has 4 rings (SSSR count). The minimum atomic E-state index is -1.08. The summed E-state index contributed by atoms with van der Waals surface area (Å²) >= 11 is 5.42. The molecule has 0 aliphatic carbocycles. The number of ether oxygens (including phenoxy) is 1. The highest BCUT2D eigenvalue weighted by Crippen LogP contribution is 2.27. The van der Waals surface area contributed by atoms with Crippen molar-refractivity contribution < 1.29 is 22.7 Å². The van der Waals surface area contributed by atoms with Gasteiger partial charge in [0, 0.05) is 12.1 Å². The molecule has 0 radical (unpaired) electrons. The van der Waals surface area contributed by atoms with E-state index in [1.807, 2.05) is 42.5 Å². The number of carbonyl (C=O) groups excluding carboxylic acids is 1. The Morgan fingerprint density at radius 2 is 1.44 bits per heavy atom. The molecule has 0 aliphatic rings. The van der Waals surface area contributed by atoms with E-state index in [1.165, 1.54) is 17.7 Å². The van der Waals surface area contributed by atoms with Crippen molar-refractivity contribution in [3.05, 3.63) is 124 Å². The van der Waals surface area contributed by atoms with Crippen LogP contribution in [-0.2, 0) is 6.42 Å². The topological polar surface area (TPSA) is 26.3 Å². The molecule has 6 heteroatoms. The van der Waals surface area contributed by atoms with Crippen LogP contribution in [-0.4, -0.2) is 5.97 Å². The Hall–Kier alpha value is -3.57. The van der Waals surface area contributed by atoms with Gasteiger partial charge in [-0.25, -0.2) is 18.0 Å². The van der Waals surface area contributed by atoms with Crippen molar-refractivity contribution in [2.75, 3.05) is 0 Å². The van der Waals surface area contributed by atoms with Gasteiger partial charge in [0.15, 0.2) is 0 Å². The molecule has 0 N–H and O–H groups in total. The molecule has 0 fully saturated rings. The van der Waals surface area contributed by atoms with Crippen LogP contribution in [0.2, 0.25) is 5.02 Å². The first kappa shape index (κ1) is 23.6. The molecule has 0 spiro atoms. The summed E-state index contributed by atoms with van der Waals surface area (Å²) in [7, 11) is 0. The number of hydrogen-bond acceptors (Lipinski definition) is 2. The van der Waals surface area contributed by atoms with Crippen LogP contribution in [0.15, 0.2) is 84.9 Å². The lowest BCUT2D eigenvalue weighted by molar-refractivity contribution is 0.0729. The van der Waals surface area contributed by atoms with Crippen LogP contribution in [0.5, 0.6) is 5.75 Å². The van der Waals surface area contributed by atoms with Gasteiger partial charge in [0.05, 0.1) is 5.56 Å². The van der Waals surface area contributed by atoms with Crippen LogP contribution in [0, 0.1) is 17.5 Å². The normalized spacial score (nSPS) is 11.8. The zero-order valence-electron chi connectivity index (χ0n) is 18.2. The molecule has 1 atom stereocenters. The molecule has 0 aromatic heterocycles. The molecule has 0 amide bonds. The van der Waals surface area contributed by atoms with Gasteiger partial charge < -0.3 is 4.74 Å². The maximum Gasteiger partial charge on any atom is 0.346 e. The number of esters is 1. The molecule has 0 bridgehead atoms. The molecule has 4 aromatic carbocycles. The maximum absolute atomic E-state index is 14.7. The third-order valence-corrected chi connectivity index (χ3v) is 5.92. The summed E-state index contributed by atoms with van der Waals surface area (Å²) in [5, 5.41) is -0.712. The van der Waals surface area contributed by atoms with Gasteiger partial charge in [0.2, 0.25) is 0 Å². The Labute approximate surface area is 200 Å². The van der Waals surface area contributed by atoms with Gasteiger partial charge in [-0.1, -0.05) is 79.2 Å². The van der Waals surface area contributed by atoms with Gasteiger partial charge in [-0.2, -0.15) is 0 Å². The van der Waals surface area contributed by atoms with E-state index in [4.69, 9.17) is 16.3 Å². The standard InChI is InChI=1S/C28H20ClF3O2/c1-17(19-5-3-2-4-6-19)13-18-7-9-20(10-8-18)21-11-12-23(24(30)14-21)28(33)34-22-15-25(31)27(29)26(32)16-22/h2-12,14-17H,13H2,1H3/t17-/m0/s1. The quantitative estimate of drug-likeness (QED) is 0.159. The van der Waals surface area contributed by atoms with Gasteiger partial charge in [-0.05, 0) is 46.7 Å². The summed E-state index contributed by atoms with van der Waals surface area (Å²) in [6, 6.07) is 23.7. The smallest absolute Gasteiger partial charge is 0.346 e. The first-order valence-electron chi connectivity index (χ1n) is 10.6. The highest BCUT2D eigenvalue weighted by Gasteiger charge is 2.18. The van der Waals surface area contributed by atoms with Crippen molar-refractivity contribution >= 4 is 17.6 Å². The largest absolute Gasteiger partial charge is 0.423 e. The summed E-state index contributed by atoms with van der Waals surface area (Å²) < 4.78 is 46.7. The second-order valence-electron chi connectivity index (χ2n) is 8.00. The minimum Gasteiger partial charge on any atom is -0.423 e. The molecule has 4 aromatic rings. The summed E-state index contributed by atoms with van der Waals surface area (Å²) in [6.45, 7) is 2.17. The summed E-state index contributed by atoms with van der Waals surface area (Å²) in [5.74, 6) is -4.09. The van der Waals surface area contributed by atoms with Crippen LogP contribution in [0.1, 0.15) is 34.3 Å². The monoisotopic (exact) mass is 480 g/mol. The highest BCUT2D eigenvalue weighted by molar-refractivity contribution is 6.30. The average Bonchev–Trinajstić information content (AvgIpc) is 2.83.